The summed E-state index contributed by atoms with van der Waals surface area (Å²) in [4.78, 5) is 26.8. The standard InChI is InChI=1S/C22H31N3O3/c1-2-16-4-3-5-18(14-16)24-21(27)25-12-10-22(11-13-25)9-8-19(28-22)20(26)23-15-17-6-7-17/h3-5,14,17,19H,2,6-13,15H2,1H3,(H,23,26)(H,24,27). The first-order valence-corrected chi connectivity index (χ1v) is 10.7. The van der Waals surface area contributed by atoms with Gasteiger partial charge in [-0.1, -0.05) is 19.1 Å². The van der Waals surface area contributed by atoms with Crippen molar-refractivity contribution in [3.63, 3.8) is 0 Å². The number of benzene rings is 1. The first-order chi connectivity index (χ1) is 13.6. The number of rotatable bonds is 5. The number of ether oxygens (including phenoxy) is 1. The van der Waals surface area contributed by atoms with E-state index in [2.05, 4.69) is 23.6 Å². The van der Waals surface area contributed by atoms with Crippen molar-refractivity contribution in [2.75, 3.05) is 25.0 Å². The average Bonchev–Trinajstić information content (AvgIpc) is 3.46. The van der Waals surface area contributed by atoms with Crippen molar-refractivity contribution in [2.24, 2.45) is 5.92 Å². The van der Waals surface area contributed by atoms with Crippen LogP contribution in [0.25, 0.3) is 0 Å². The molecule has 1 atom stereocenters. The number of piperidine rings is 1. The number of hydrogen-bond acceptors (Lipinski definition) is 3. The van der Waals surface area contributed by atoms with Crippen molar-refractivity contribution >= 4 is 17.6 Å². The van der Waals surface area contributed by atoms with Crippen LogP contribution >= 0.6 is 0 Å². The molecule has 1 aromatic carbocycles. The minimum atomic E-state index is -0.323. The molecule has 3 amide bonds. The highest BCUT2D eigenvalue weighted by Gasteiger charge is 2.45. The highest BCUT2D eigenvalue weighted by Crippen LogP contribution is 2.39. The van der Waals surface area contributed by atoms with Crippen molar-refractivity contribution in [1.29, 1.82) is 0 Å². The van der Waals surface area contributed by atoms with Gasteiger partial charge in [-0.2, -0.15) is 0 Å². The van der Waals surface area contributed by atoms with E-state index in [1.165, 1.54) is 18.4 Å². The van der Waals surface area contributed by atoms with E-state index in [9.17, 15) is 9.59 Å². The van der Waals surface area contributed by atoms with E-state index in [0.717, 1.165) is 44.3 Å². The van der Waals surface area contributed by atoms with Gasteiger partial charge in [0.15, 0.2) is 0 Å². The van der Waals surface area contributed by atoms with E-state index in [0.29, 0.717) is 19.0 Å². The molecular formula is C22H31N3O3. The van der Waals surface area contributed by atoms with Gasteiger partial charge >= 0.3 is 6.03 Å². The maximum Gasteiger partial charge on any atom is 0.321 e. The highest BCUT2D eigenvalue weighted by molar-refractivity contribution is 5.89. The Hall–Kier alpha value is -2.08. The highest BCUT2D eigenvalue weighted by atomic mass is 16.5. The molecule has 28 heavy (non-hydrogen) atoms. The number of nitrogens with zero attached hydrogens (tertiary/aromatic N) is 1. The number of likely N-dealkylation sites (tertiary alicyclic amines) is 1. The average molecular weight is 386 g/mol. The Balaban J connectivity index is 1.25. The van der Waals surface area contributed by atoms with E-state index in [-0.39, 0.29) is 23.6 Å². The van der Waals surface area contributed by atoms with E-state index in [1.54, 1.807) is 0 Å². The summed E-state index contributed by atoms with van der Waals surface area (Å²) >= 11 is 0. The Morgan fingerprint density at radius 3 is 2.68 bits per heavy atom. The Morgan fingerprint density at radius 2 is 1.96 bits per heavy atom. The number of aryl methyl sites for hydroxylation is 1. The third-order valence-electron chi connectivity index (χ3n) is 6.36. The molecule has 6 heteroatoms. The molecule has 2 saturated heterocycles. The van der Waals surface area contributed by atoms with Crippen LogP contribution in [0.2, 0.25) is 0 Å². The molecule has 0 bridgehead atoms. The van der Waals surface area contributed by atoms with Crippen LogP contribution in [0.4, 0.5) is 10.5 Å². The fourth-order valence-corrected chi connectivity index (χ4v) is 4.24. The Bertz CT molecular complexity index is 723. The van der Waals surface area contributed by atoms with Gasteiger partial charge in [0, 0.05) is 25.3 Å². The van der Waals surface area contributed by atoms with Crippen molar-refractivity contribution in [2.45, 2.75) is 63.6 Å². The molecule has 152 valence electrons. The lowest BCUT2D eigenvalue weighted by molar-refractivity contribution is -0.140. The van der Waals surface area contributed by atoms with Gasteiger partial charge in [-0.25, -0.2) is 4.79 Å². The zero-order valence-corrected chi connectivity index (χ0v) is 16.7. The van der Waals surface area contributed by atoms with Crippen LogP contribution in [0.5, 0.6) is 0 Å². The molecule has 2 heterocycles. The van der Waals surface area contributed by atoms with E-state index >= 15 is 0 Å². The second kappa shape index (κ2) is 8.11. The first-order valence-electron chi connectivity index (χ1n) is 10.7. The second-order valence-corrected chi connectivity index (χ2v) is 8.49. The number of nitrogens with one attached hydrogen (secondary N) is 2. The topological polar surface area (TPSA) is 70.7 Å². The molecular weight excluding hydrogens is 354 g/mol. The summed E-state index contributed by atoms with van der Waals surface area (Å²) in [5.74, 6) is 0.721. The Labute approximate surface area is 167 Å². The molecule has 2 N–H and O–H groups in total. The number of carbonyl (C=O) groups is 2. The largest absolute Gasteiger partial charge is 0.362 e. The zero-order chi connectivity index (χ0) is 19.6. The molecule has 0 aromatic heterocycles. The lowest BCUT2D eigenvalue weighted by Gasteiger charge is -2.39. The minimum absolute atomic E-state index is 0.0414. The first kappa shape index (κ1) is 19.2. The van der Waals surface area contributed by atoms with Crippen LogP contribution in [0.1, 0.15) is 51.0 Å². The summed E-state index contributed by atoms with van der Waals surface area (Å²) in [6.45, 7) is 4.22. The molecule has 1 spiro atoms. The number of urea groups is 1. The van der Waals surface area contributed by atoms with Gasteiger partial charge in [0.25, 0.3) is 0 Å². The minimum Gasteiger partial charge on any atom is -0.362 e. The van der Waals surface area contributed by atoms with Crippen molar-refractivity contribution in [3.8, 4) is 0 Å². The van der Waals surface area contributed by atoms with Gasteiger partial charge in [-0.05, 0) is 68.6 Å². The van der Waals surface area contributed by atoms with Crippen LogP contribution in [0.3, 0.4) is 0 Å². The van der Waals surface area contributed by atoms with Gasteiger partial charge in [-0.15, -0.1) is 0 Å². The normalized spacial score (nSPS) is 23.6. The SMILES string of the molecule is CCc1cccc(NC(=O)N2CCC3(CCC(C(=O)NCC4CC4)O3)CC2)c1. The third kappa shape index (κ3) is 4.49. The van der Waals surface area contributed by atoms with Crippen LogP contribution in [0, 0.1) is 5.92 Å². The smallest absolute Gasteiger partial charge is 0.321 e. The third-order valence-corrected chi connectivity index (χ3v) is 6.36. The van der Waals surface area contributed by atoms with Gasteiger partial charge in [0.1, 0.15) is 6.10 Å². The summed E-state index contributed by atoms with van der Waals surface area (Å²) in [6.07, 6.45) is 6.37. The lowest BCUT2D eigenvalue weighted by Crippen LogP contribution is -2.48. The van der Waals surface area contributed by atoms with Crippen LogP contribution < -0.4 is 10.6 Å². The predicted octanol–water partition coefficient (Wildman–Crippen LogP) is 3.32. The molecule has 0 radical (unpaired) electrons. The molecule has 3 aliphatic rings. The fourth-order valence-electron chi connectivity index (χ4n) is 4.24. The number of amides is 3. The summed E-state index contributed by atoms with van der Waals surface area (Å²) in [6, 6.07) is 7.93. The summed E-state index contributed by atoms with van der Waals surface area (Å²) in [5.41, 5.74) is 1.82. The molecule has 1 aliphatic carbocycles. The zero-order valence-electron chi connectivity index (χ0n) is 16.7. The van der Waals surface area contributed by atoms with Gasteiger partial charge < -0.3 is 20.3 Å². The van der Waals surface area contributed by atoms with Crippen molar-refractivity contribution in [3.05, 3.63) is 29.8 Å². The van der Waals surface area contributed by atoms with E-state index in [1.807, 2.05) is 23.1 Å². The van der Waals surface area contributed by atoms with Gasteiger partial charge in [0.05, 0.1) is 5.60 Å². The van der Waals surface area contributed by atoms with Crippen LogP contribution in [-0.4, -0.2) is 48.2 Å². The fraction of sp³-hybridized carbons (Fsp3) is 0.636. The van der Waals surface area contributed by atoms with E-state index in [4.69, 9.17) is 4.74 Å². The number of anilines is 1. The molecule has 2 aliphatic heterocycles. The molecule has 6 nitrogen and oxygen atoms in total. The molecule has 1 unspecified atom stereocenters. The number of hydrogen-bond donors (Lipinski definition) is 2. The molecule has 4 rings (SSSR count). The molecule has 3 fully saturated rings. The van der Waals surface area contributed by atoms with Gasteiger partial charge in [-0.3, -0.25) is 4.79 Å². The second-order valence-electron chi connectivity index (χ2n) is 8.49. The Morgan fingerprint density at radius 1 is 1.18 bits per heavy atom. The monoisotopic (exact) mass is 385 g/mol. The van der Waals surface area contributed by atoms with E-state index < -0.39 is 0 Å². The van der Waals surface area contributed by atoms with Crippen molar-refractivity contribution in [1.82, 2.24) is 10.2 Å². The molecule has 1 saturated carbocycles. The summed E-state index contributed by atoms with van der Waals surface area (Å²) in [7, 11) is 0. The Kier molecular flexibility index (Phi) is 5.58. The molecule has 1 aromatic rings. The predicted molar refractivity (Wildman–Crippen MR) is 108 cm³/mol. The summed E-state index contributed by atoms with van der Waals surface area (Å²) in [5, 5.41) is 6.04. The maximum absolute atomic E-state index is 12.6. The summed E-state index contributed by atoms with van der Waals surface area (Å²) < 4.78 is 6.21. The van der Waals surface area contributed by atoms with Crippen LogP contribution in [-0.2, 0) is 16.0 Å². The van der Waals surface area contributed by atoms with Gasteiger partial charge in [0.2, 0.25) is 5.91 Å². The lowest BCUT2D eigenvalue weighted by atomic mass is 9.88. The quantitative estimate of drug-likeness (QED) is 0.817. The van der Waals surface area contributed by atoms with Crippen LogP contribution in [0.15, 0.2) is 24.3 Å². The maximum atomic E-state index is 12.6. The number of carbonyl (C=O) groups excluding carboxylic acids is 2. The van der Waals surface area contributed by atoms with Crippen molar-refractivity contribution < 1.29 is 14.3 Å².